The molecule has 0 saturated heterocycles. The van der Waals surface area contributed by atoms with Crippen LogP contribution in [0.4, 0.5) is 0 Å². The van der Waals surface area contributed by atoms with Gasteiger partial charge in [-0.15, -0.1) is 0 Å². The number of H-pyrrole nitrogens is 1. The summed E-state index contributed by atoms with van der Waals surface area (Å²) in [6, 6.07) is 10.1. The molecule has 0 radical (unpaired) electrons. The van der Waals surface area contributed by atoms with Gasteiger partial charge in [-0.3, -0.25) is 0 Å². The van der Waals surface area contributed by atoms with Crippen molar-refractivity contribution >= 4 is 17.4 Å². The standard InChI is InChI=1S/C9H8N2.Al.3H2O/c1-2-4-8(5-3-1)9-6-10-7-11-9;;;;/h1-7H,(H,10,11);;3*1H2/q;+3;;;/p-3. The Labute approximate surface area is 98.2 Å². The van der Waals surface area contributed by atoms with Crippen LogP contribution in [0.5, 0.6) is 0 Å². The first kappa shape index (κ1) is 19.4. The summed E-state index contributed by atoms with van der Waals surface area (Å²) in [5, 5.41) is 0. The molecule has 0 unspecified atom stereocenters. The first-order valence-electron chi connectivity index (χ1n) is 3.51. The van der Waals surface area contributed by atoms with Crippen molar-refractivity contribution in [3.8, 4) is 11.3 Å². The van der Waals surface area contributed by atoms with Gasteiger partial charge in [0.15, 0.2) is 0 Å². The molecular weight excluding hydrogens is 211 g/mol. The fourth-order valence-corrected chi connectivity index (χ4v) is 1.03. The molecule has 0 aliphatic heterocycles. The quantitative estimate of drug-likeness (QED) is 0.728. The van der Waals surface area contributed by atoms with E-state index in [9.17, 15) is 0 Å². The summed E-state index contributed by atoms with van der Waals surface area (Å²) in [7, 11) is 0. The maximum atomic E-state index is 4.13. The predicted molar refractivity (Wildman–Crippen MR) is 55.6 cm³/mol. The molecule has 6 heteroatoms. The van der Waals surface area contributed by atoms with Crippen molar-refractivity contribution < 1.29 is 16.4 Å². The van der Waals surface area contributed by atoms with E-state index in [1.165, 1.54) is 0 Å². The molecule has 0 atom stereocenters. The maximum absolute atomic E-state index is 4.13. The van der Waals surface area contributed by atoms with Crippen LogP contribution in [0.3, 0.4) is 0 Å². The van der Waals surface area contributed by atoms with Gasteiger partial charge in [0.1, 0.15) is 0 Å². The fourth-order valence-electron chi connectivity index (χ4n) is 1.03. The minimum absolute atomic E-state index is 0. The van der Waals surface area contributed by atoms with Crippen molar-refractivity contribution in [2.75, 3.05) is 0 Å². The van der Waals surface area contributed by atoms with Gasteiger partial charge in [-0.25, -0.2) is 4.98 Å². The second kappa shape index (κ2) is 9.40. The number of hydrogen-bond acceptors (Lipinski definition) is 4. The summed E-state index contributed by atoms with van der Waals surface area (Å²) >= 11 is 0. The van der Waals surface area contributed by atoms with Crippen molar-refractivity contribution in [2.45, 2.75) is 0 Å². The molecule has 1 heterocycles. The van der Waals surface area contributed by atoms with E-state index in [2.05, 4.69) is 9.97 Å². The van der Waals surface area contributed by atoms with Gasteiger partial charge in [-0.1, -0.05) is 30.3 Å². The third-order valence-corrected chi connectivity index (χ3v) is 1.57. The molecule has 0 aliphatic rings. The molecule has 5 nitrogen and oxygen atoms in total. The van der Waals surface area contributed by atoms with Crippen LogP contribution in [-0.2, 0) is 0 Å². The summed E-state index contributed by atoms with van der Waals surface area (Å²) in [6.07, 6.45) is 3.57. The number of benzene rings is 1. The Bertz CT molecular complexity index is 326. The number of rotatable bonds is 1. The second-order valence-electron chi connectivity index (χ2n) is 2.32. The van der Waals surface area contributed by atoms with Gasteiger partial charge in [0.2, 0.25) is 0 Å². The van der Waals surface area contributed by atoms with Crippen molar-refractivity contribution in [1.82, 2.24) is 9.97 Å². The van der Waals surface area contributed by atoms with Gasteiger partial charge in [0, 0.05) is 11.8 Å². The van der Waals surface area contributed by atoms with Crippen molar-refractivity contribution in [2.24, 2.45) is 0 Å². The van der Waals surface area contributed by atoms with E-state index in [4.69, 9.17) is 0 Å². The molecule has 15 heavy (non-hydrogen) atoms. The van der Waals surface area contributed by atoms with Gasteiger partial charge < -0.3 is 21.4 Å². The fraction of sp³-hybridized carbons (Fsp3) is 0. The molecule has 0 aliphatic carbocycles. The van der Waals surface area contributed by atoms with Crippen LogP contribution in [0.2, 0.25) is 0 Å². The molecule has 0 amide bonds. The number of hydrogen-bond donors (Lipinski definition) is 1. The molecule has 0 bridgehead atoms. The Morgan fingerprint density at radius 2 is 1.53 bits per heavy atom. The van der Waals surface area contributed by atoms with Gasteiger partial charge in [-0.05, 0) is 0 Å². The van der Waals surface area contributed by atoms with Gasteiger partial charge >= 0.3 is 17.4 Å². The number of nitrogens with one attached hydrogen (secondary N) is 1. The molecule has 2 rings (SSSR count). The van der Waals surface area contributed by atoms with Crippen LogP contribution in [0.1, 0.15) is 0 Å². The van der Waals surface area contributed by atoms with Crippen molar-refractivity contribution in [3.05, 3.63) is 42.9 Å². The summed E-state index contributed by atoms with van der Waals surface area (Å²) in [6.45, 7) is 0. The third kappa shape index (κ3) is 4.74. The van der Waals surface area contributed by atoms with Crippen LogP contribution in [0, 0.1) is 0 Å². The molecule has 4 N–H and O–H groups in total. The summed E-state index contributed by atoms with van der Waals surface area (Å²) < 4.78 is 0. The maximum Gasteiger partial charge on any atom is 3.00 e. The molecule has 1 aromatic carbocycles. The molecule has 78 valence electrons. The minimum atomic E-state index is 0. The largest absolute Gasteiger partial charge is 3.00 e. The number of aromatic nitrogens is 2. The average molecular weight is 222 g/mol. The smallest absolute Gasteiger partial charge is 0.870 e. The Kier molecular flexibility index (Phi) is 12.2. The normalized spacial score (nSPS) is 7.20. The zero-order valence-electron chi connectivity index (χ0n) is 7.91. The van der Waals surface area contributed by atoms with Crippen molar-refractivity contribution in [1.29, 1.82) is 0 Å². The van der Waals surface area contributed by atoms with E-state index < -0.39 is 0 Å². The second-order valence-corrected chi connectivity index (χ2v) is 2.32. The van der Waals surface area contributed by atoms with E-state index in [-0.39, 0.29) is 33.8 Å². The first-order chi connectivity index (χ1) is 5.47. The minimum Gasteiger partial charge on any atom is -0.870 e. The zero-order chi connectivity index (χ0) is 7.52. The average Bonchev–Trinajstić information content (AvgIpc) is 2.58. The van der Waals surface area contributed by atoms with Crippen molar-refractivity contribution in [3.63, 3.8) is 0 Å². The Morgan fingerprint density at radius 1 is 0.933 bits per heavy atom. The van der Waals surface area contributed by atoms with E-state index in [1.807, 2.05) is 36.5 Å². The molecule has 0 fully saturated rings. The summed E-state index contributed by atoms with van der Waals surface area (Å²) in [5.41, 5.74) is 2.14. The monoisotopic (exact) mass is 222 g/mol. The summed E-state index contributed by atoms with van der Waals surface area (Å²) in [5.74, 6) is 0. The van der Waals surface area contributed by atoms with Crippen LogP contribution in [0.25, 0.3) is 11.3 Å². The van der Waals surface area contributed by atoms with Crippen LogP contribution < -0.4 is 0 Å². The molecule has 0 spiro atoms. The SMILES string of the molecule is [Al+3].[OH-].[OH-].[OH-].c1ccc(-c2c[nH]cn2)cc1. The Hall–Kier alpha value is -1.16. The first-order valence-corrected chi connectivity index (χ1v) is 3.51. The molecule has 0 saturated carbocycles. The summed E-state index contributed by atoms with van der Waals surface area (Å²) in [4.78, 5) is 7.05. The third-order valence-electron chi connectivity index (χ3n) is 1.57. The molecular formula is C9H11AlN2O3. The van der Waals surface area contributed by atoms with Gasteiger partial charge in [0.05, 0.1) is 12.0 Å². The van der Waals surface area contributed by atoms with E-state index in [1.54, 1.807) is 6.33 Å². The number of nitrogens with zero attached hydrogens (tertiary/aromatic N) is 1. The number of aromatic amines is 1. The van der Waals surface area contributed by atoms with E-state index in [0.717, 1.165) is 11.3 Å². The van der Waals surface area contributed by atoms with E-state index in [0.29, 0.717) is 0 Å². The Balaban J connectivity index is -0.000000360. The van der Waals surface area contributed by atoms with Gasteiger partial charge in [0.25, 0.3) is 0 Å². The zero-order valence-corrected chi connectivity index (χ0v) is 9.06. The van der Waals surface area contributed by atoms with Gasteiger partial charge in [-0.2, -0.15) is 0 Å². The molecule has 1 aromatic heterocycles. The van der Waals surface area contributed by atoms with Crippen LogP contribution >= 0.6 is 0 Å². The van der Waals surface area contributed by atoms with Crippen LogP contribution in [-0.4, -0.2) is 43.8 Å². The van der Waals surface area contributed by atoms with Crippen LogP contribution in [0.15, 0.2) is 42.9 Å². The topological polar surface area (TPSA) is 119 Å². The predicted octanol–water partition coefficient (Wildman–Crippen LogP) is 1.17. The number of imidazole rings is 1. The Morgan fingerprint density at radius 3 is 2.00 bits per heavy atom. The molecule has 2 aromatic rings. The van der Waals surface area contributed by atoms with E-state index >= 15 is 0 Å².